The first-order valence-corrected chi connectivity index (χ1v) is 14.1. The van der Waals surface area contributed by atoms with Gasteiger partial charge in [0.1, 0.15) is 22.2 Å². The number of pyridine rings is 2. The second kappa shape index (κ2) is 10.8. The third-order valence-electron chi connectivity index (χ3n) is 7.79. The molecule has 6 nitrogen and oxygen atoms in total. The largest absolute Gasteiger partial charge is 0.378 e. The van der Waals surface area contributed by atoms with E-state index in [9.17, 15) is 0 Å². The Morgan fingerprint density at radius 3 is 1.83 bits per heavy atom. The molecule has 0 unspecified atom stereocenters. The van der Waals surface area contributed by atoms with Crippen LogP contribution in [0, 0.1) is 0 Å². The van der Waals surface area contributed by atoms with Crippen LogP contribution >= 0.6 is 11.6 Å². The molecular weight excluding hydrogens is 530 g/mol. The molecule has 1 fully saturated rings. The van der Waals surface area contributed by atoms with Crippen molar-refractivity contribution in [2.45, 2.75) is 5.54 Å². The summed E-state index contributed by atoms with van der Waals surface area (Å²) in [6, 6.07) is 37.7. The first kappa shape index (κ1) is 25.4. The molecule has 0 N–H and O–H groups in total. The van der Waals surface area contributed by atoms with E-state index in [1.807, 2.05) is 36.5 Å². The quantitative estimate of drug-likeness (QED) is 0.166. The van der Waals surface area contributed by atoms with Gasteiger partial charge in [0.25, 0.3) is 0 Å². The Balaban J connectivity index is 1.55. The van der Waals surface area contributed by atoms with E-state index in [-0.39, 0.29) is 0 Å². The van der Waals surface area contributed by atoms with E-state index < -0.39 is 5.54 Å². The van der Waals surface area contributed by atoms with E-state index in [4.69, 9.17) is 21.4 Å². The van der Waals surface area contributed by atoms with Crippen molar-refractivity contribution in [2.75, 3.05) is 31.2 Å². The molecular formula is C34H28ClN5O. The highest BCUT2D eigenvalue weighted by molar-refractivity contribution is 6.35. The van der Waals surface area contributed by atoms with Gasteiger partial charge in [-0.3, -0.25) is 0 Å². The van der Waals surface area contributed by atoms with E-state index in [2.05, 4.69) is 98.4 Å². The van der Waals surface area contributed by atoms with Gasteiger partial charge in [0, 0.05) is 31.0 Å². The van der Waals surface area contributed by atoms with E-state index in [1.54, 1.807) is 6.20 Å². The molecule has 3 aromatic carbocycles. The lowest BCUT2D eigenvalue weighted by molar-refractivity contribution is 0.122. The fourth-order valence-corrected chi connectivity index (χ4v) is 6.16. The molecule has 0 atom stereocenters. The first-order chi connectivity index (χ1) is 20.3. The highest BCUT2D eigenvalue weighted by Crippen LogP contribution is 2.44. The number of ether oxygens (including phenoxy) is 1. The molecule has 0 aliphatic carbocycles. The Hall–Kier alpha value is -4.52. The minimum atomic E-state index is -0.787. The Bertz CT molecular complexity index is 1690. The van der Waals surface area contributed by atoms with Gasteiger partial charge in [-0.05, 0) is 34.9 Å². The van der Waals surface area contributed by atoms with Crippen molar-refractivity contribution in [1.29, 1.82) is 0 Å². The van der Waals surface area contributed by atoms with Crippen LogP contribution in [-0.2, 0) is 10.3 Å². The van der Waals surface area contributed by atoms with Crippen LogP contribution in [0.5, 0.6) is 0 Å². The van der Waals surface area contributed by atoms with Crippen LogP contribution in [0.15, 0.2) is 122 Å². The third kappa shape index (κ3) is 4.36. The number of rotatable bonds is 6. The maximum atomic E-state index is 6.90. The fraction of sp³-hybridized carbons (Fsp3) is 0.147. The fourth-order valence-electron chi connectivity index (χ4n) is 5.92. The molecule has 4 heterocycles. The molecule has 0 amide bonds. The van der Waals surface area contributed by atoms with E-state index >= 15 is 0 Å². The maximum absolute atomic E-state index is 6.90. The number of aromatic nitrogens is 4. The number of benzene rings is 3. The Labute approximate surface area is 243 Å². The summed E-state index contributed by atoms with van der Waals surface area (Å²) in [4.78, 5) is 11.4. The minimum Gasteiger partial charge on any atom is -0.378 e. The van der Waals surface area contributed by atoms with E-state index in [0.29, 0.717) is 18.4 Å². The van der Waals surface area contributed by atoms with Crippen molar-refractivity contribution in [3.8, 4) is 11.3 Å². The van der Waals surface area contributed by atoms with Crippen LogP contribution < -0.4 is 4.90 Å². The molecule has 6 aromatic rings. The van der Waals surface area contributed by atoms with E-state index in [1.165, 1.54) is 0 Å². The van der Waals surface area contributed by atoms with Gasteiger partial charge in [-0.2, -0.15) is 5.10 Å². The predicted octanol–water partition coefficient (Wildman–Crippen LogP) is 6.82. The molecule has 7 rings (SSSR count). The average molecular weight is 558 g/mol. The summed E-state index contributed by atoms with van der Waals surface area (Å²) in [6.07, 6.45) is 3.60. The Kier molecular flexibility index (Phi) is 6.71. The number of anilines is 1. The van der Waals surface area contributed by atoms with Gasteiger partial charge in [-0.25, -0.2) is 14.6 Å². The van der Waals surface area contributed by atoms with Crippen molar-refractivity contribution in [2.24, 2.45) is 0 Å². The van der Waals surface area contributed by atoms with Crippen molar-refractivity contribution >= 4 is 28.3 Å². The number of hydrogen-bond donors (Lipinski definition) is 0. The maximum Gasteiger partial charge on any atom is 0.140 e. The van der Waals surface area contributed by atoms with Crippen molar-refractivity contribution in [3.63, 3.8) is 0 Å². The monoisotopic (exact) mass is 557 g/mol. The lowest BCUT2D eigenvalue weighted by Crippen LogP contribution is -2.38. The van der Waals surface area contributed by atoms with Gasteiger partial charge in [-0.1, -0.05) is 103 Å². The van der Waals surface area contributed by atoms with Crippen LogP contribution in [0.1, 0.15) is 16.7 Å². The van der Waals surface area contributed by atoms with Gasteiger partial charge in [0.05, 0.1) is 24.1 Å². The summed E-state index contributed by atoms with van der Waals surface area (Å²) in [5.74, 6) is 0.897. The first-order valence-electron chi connectivity index (χ1n) is 13.8. The average Bonchev–Trinajstić information content (AvgIpc) is 3.45. The predicted molar refractivity (Wildman–Crippen MR) is 163 cm³/mol. The number of hydrogen-bond acceptors (Lipinski definition) is 5. The highest BCUT2D eigenvalue weighted by atomic mass is 35.5. The van der Waals surface area contributed by atoms with Gasteiger partial charge in [0.2, 0.25) is 0 Å². The molecule has 3 aromatic heterocycles. The van der Waals surface area contributed by atoms with Crippen molar-refractivity contribution < 1.29 is 4.74 Å². The zero-order valence-corrected chi connectivity index (χ0v) is 23.2. The van der Waals surface area contributed by atoms with Gasteiger partial charge in [0.15, 0.2) is 0 Å². The molecule has 1 aliphatic rings. The normalized spacial score (nSPS) is 13.9. The summed E-state index contributed by atoms with van der Waals surface area (Å²) >= 11 is 6.90. The second-order valence-corrected chi connectivity index (χ2v) is 10.4. The SMILES string of the molecule is Clc1nccc2c1c(-c1ccnc(N3CCOCC3)c1)nn2C(c1ccccc1)(c1ccccc1)c1ccccc1. The molecule has 0 spiro atoms. The molecule has 0 bridgehead atoms. The summed E-state index contributed by atoms with van der Waals surface area (Å²) in [7, 11) is 0. The molecule has 41 heavy (non-hydrogen) atoms. The highest BCUT2D eigenvalue weighted by Gasteiger charge is 2.41. The lowest BCUT2D eigenvalue weighted by atomic mass is 9.77. The van der Waals surface area contributed by atoms with Crippen molar-refractivity contribution in [3.05, 3.63) is 143 Å². The third-order valence-corrected chi connectivity index (χ3v) is 8.08. The summed E-state index contributed by atoms with van der Waals surface area (Å²) < 4.78 is 7.69. The van der Waals surface area contributed by atoms with Crippen LogP contribution in [-0.4, -0.2) is 46.1 Å². The molecule has 202 valence electrons. The zero-order chi connectivity index (χ0) is 27.6. The Morgan fingerprint density at radius 1 is 0.683 bits per heavy atom. The van der Waals surface area contributed by atoms with Gasteiger partial charge in [-0.15, -0.1) is 0 Å². The summed E-state index contributed by atoms with van der Waals surface area (Å²) in [5.41, 5.74) is 5.07. The summed E-state index contributed by atoms with van der Waals surface area (Å²) in [5, 5.41) is 6.65. The molecule has 1 saturated heterocycles. The number of morpholine rings is 1. The van der Waals surface area contributed by atoms with Crippen LogP contribution in [0.3, 0.4) is 0 Å². The van der Waals surface area contributed by atoms with Crippen molar-refractivity contribution in [1.82, 2.24) is 19.7 Å². The number of halogens is 1. The summed E-state index contributed by atoms with van der Waals surface area (Å²) in [6.45, 7) is 2.97. The number of nitrogens with zero attached hydrogens (tertiary/aromatic N) is 5. The topological polar surface area (TPSA) is 56.1 Å². The second-order valence-electron chi connectivity index (χ2n) is 10.1. The minimum absolute atomic E-state index is 0.413. The zero-order valence-electron chi connectivity index (χ0n) is 22.4. The Morgan fingerprint density at radius 2 is 1.24 bits per heavy atom. The molecule has 1 aliphatic heterocycles. The standard InChI is InChI=1S/C34H28ClN5O/c35-33-31-29(17-19-37-33)40(38-32(31)25-16-18-36-30(24-25)39-20-22-41-23-21-39)34(26-10-4-1-5-11-26,27-12-6-2-7-13-27)28-14-8-3-9-15-28/h1-19,24H,20-23H2. The smallest absolute Gasteiger partial charge is 0.140 e. The van der Waals surface area contributed by atoms with Gasteiger partial charge < -0.3 is 9.64 Å². The number of fused-ring (bicyclic) bond motifs is 1. The lowest BCUT2D eigenvalue weighted by Gasteiger charge is -2.37. The van der Waals surface area contributed by atoms with Crippen LogP contribution in [0.2, 0.25) is 5.15 Å². The molecule has 0 radical (unpaired) electrons. The van der Waals surface area contributed by atoms with Crippen LogP contribution in [0.4, 0.5) is 5.82 Å². The van der Waals surface area contributed by atoms with E-state index in [0.717, 1.165) is 57.8 Å². The van der Waals surface area contributed by atoms with Crippen LogP contribution in [0.25, 0.3) is 22.2 Å². The molecule has 7 heteroatoms. The molecule has 0 saturated carbocycles. The van der Waals surface area contributed by atoms with Gasteiger partial charge >= 0.3 is 0 Å².